The van der Waals surface area contributed by atoms with Crippen molar-refractivity contribution in [2.75, 3.05) is 12.0 Å². The molecular weight excluding hydrogens is 406 g/mol. The number of para-hydroxylation sites is 1. The lowest BCUT2D eigenvalue weighted by Crippen LogP contribution is -2.37. The first-order chi connectivity index (χ1) is 14.3. The van der Waals surface area contributed by atoms with Crippen molar-refractivity contribution >= 4 is 37.8 Å². The maximum absolute atomic E-state index is 12.8. The predicted octanol–water partition coefficient (Wildman–Crippen LogP) is 2.04. The molecule has 30 heavy (non-hydrogen) atoms. The highest BCUT2D eigenvalue weighted by Crippen LogP contribution is 2.24. The summed E-state index contributed by atoms with van der Waals surface area (Å²) in [4.78, 5) is 29.7. The van der Waals surface area contributed by atoms with Gasteiger partial charge in [0.2, 0.25) is 11.5 Å². The van der Waals surface area contributed by atoms with E-state index in [4.69, 9.17) is 4.42 Å². The monoisotopic (exact) mass is 425 g/mol. The standard InChI is InChI=1S/C21H19N3O5S/c1-30(27,28)12-16(14-7-3-2-4-8-14)23-18(25)11-24-13-22-19-15-9-5-6-10-17(15)29-20(19)21(24)26/h2-10,13,16H,11-12H2,1H3,(H,23,25)/t16-/m0/s1. The number of rotatable bonds is 6. The Morgan fingerprint density at radius 1 is 1.13 bits per heavy atom. The number of carbonyl (C=O) groups excluding carboxylic acids is 1. The molecule has 0 unspecified atom stereocenters. The minimum Gasteiger partial charge on any atom is -0.448 e. The molecule has 0 fully saturated rings. The number of benzene rings is 2. The molecule has 4 aromatic rings. The van der Waals surface area contributed by atoms with E-state index in [9.17, 15) is 18.0 Å². The fourth-order valence-electron chi connectivity index (χ4n) is 3.33. The Labute approximate surface area is 172 Å². The maximum Gasteiger partial charge on any atom is 0.297 e. The molecule has 0 aliphatic carbocycles. The number of nitrogens with one attached hydrogen (secondary N) is 1. The van der Waals surface area contributed by atoms with Crippen LogP contribution in [0.15, 0.2) is 70.1 Å². The summed E-state index contributed by atoms with van der Waals surface area (Å²) in [5.41, 5.74) is 1.23. The SMILES string of the molecule is CS(=O)(=O)C[C@H](NC(=O)Cn1cnc2c(oc3ccccc32)c1=O)c1ccccc1. The van der Waals surface area contributed by atoms with E-state index in [1.807, 2.05) is 6.07 Å². The highest BCUT2D eigenvalue weighted by molar-refractivity contribution is 7.90. The van der Waals surface area contributed by atoms with Crippen LogP contribution in [0.4, 0.5) is 0 Å². The van der Waals surface area contributed by atoms with Crippen molar-refractivity contribution in [3.05, 3.63) is 76.8 Å². The van der Waals surface area contributed by atoms with E-state index in [1.54, 1.807) is 48.5 Å². The molecule has 0 spiro atoms. The Bertz CT molecular complexity index is 1390. The van der Waals surface area contributed by atoms with Gasteiger partial charge in [-0.1, -0.05) is 42.5 Å². The molecule has 9 heteroatoms. The molecular formula is C21H19N3O5S. The normalized spacial score (nSPS) is 12.8. The minimum atomic E-state index is -3.35. The summed E-state index contributed by atoms with van der Waals surface area (Å²) < 4.78 is 30.4. The molecule has 1 amide bonds. The van der Waals surface area contributed by atoms with Crippen molar-refractivity contribution in [2.24, 2.45) is 0 Å². The average Bonchev–Trinajstić information content (AvgIpc) is 3.09. The zero-order valence-electron chi connectivity index (χ0n) is 16.1. The van der Waals surface area contributed by atoms with Crippen LogP contribution in [0.2, 0.25) is 0 Å². The minimum absolute atomic E-state index is 0.0715. The Morgan fingerprint density at radius 3 is 2.57 bits per heavy atom. The Hall–Kier alpha value is -3.46. The quantitative estimate of drug-likeness (QED) is 0.506. The van der Waals surface area contributed by atoms with Crippen LogP contribution in [0, 0.1) is 0 Å². The van der Waals surface area contributed by atoms with Crippen molar-refractivity contribution in [3.63, 3.8) is 0 Å². The molecule has 0 aliphatic rings. The van der Waals surface area contributed by atoms with Gasteiger partial charge in [-0.3, -0.25) is 14.2 Å². The molecule has 0 bridgehead atoms. The van der Waals surface area contributed by atoms with Crippen LogP contribution < -0.4 is 10.9 Å². The van der Waals surface area contributed by atoms with Crippen LogP contribution >= 0.6 is 0 Å². The molecule has 2 heterocycles. The molecule has 2 aromatic carbocycles. The highest BCUT2D eigenvalue weighted by atomic mass is 32.2. The van der Waals surface area contributed by atoms with Gasteiger partial charge in [0.1, 0.15) is 27.5 Å². The molecule has 1 N–H and O–H groups in total. The Kier molecular flexibility index (Phi) is 5.13. The molecule has 0 saturated heterocycles. The maximum atomic E-state index is 12.8. The lowest BCUT2D eigenvalue weighted by molar-refractivity contribution is -0.122. The van der Waals surface area contributed by atoms with Gasteiger partial charge in [0.15, 0.2) is 0 Å². The van der Waals surface area contributed by atoms with Crippen LogP contribution in [-0.4, -0.2) is 35.9 Å². The second-order valence-corrected chi connectivity index (χ2v) is 9.26. The molecule has 0 saturated carbocycles. The van der Waals surface area contributed by atoms with E-state index >= 15 is 0 Å². The van der Waals surface area contributed by atoms with Gasteiger partial charge >= 0.3 is 0 Å². The summed E-state index contributed by atoms with van der Waals surface area (Å²) in [5, 5.41) is 3.42. The van der Waals surface area contributed by atoms with Gasteiger partial charge < -0.3 is 9.73 Å². The van der Waals surface area contributed by atoms with Crippen molar-refractivity contribution in [1.29, 1.82) is 0 Å². The second-order valence-electron chi connectivity index (χ2n) is 7.08. The molecule has 154 valence electrons. The number of furan rings is 1. The third kappa shape index (κ3) is 4.11. The fraction of sp³-hybridized carbons (Fsp3) is 0.190. The number of aromatic nitrogens is 2. The Morgan fingerprint density at radius 2 is 1.83 bits per heavy atom. The van der Waals surface area contributed by atoms with Crippen molar-refractivity contribution in [3.8, 4) is 0 Å². The van der Waals surface area contributed by atoms with Crippen LogP contribution in [0.1, 0.15) is 11.6 Å². The molecule has 4 rings (SSSR count). The van der Waals surface area contributed by atoms with Gasteiger partial charge in [-0.15, -0.1) is 0 Å². The highest BCUT2D eigenvalue weighted by Gasteiger charge is 2.21. The first kappa shape index (κ1) is 19.8. The van der Waals surface area contributed by atoms with Gasteiger partial charge in [0.25, 0.3) is 5.56 Å². The third-order valence-electron chi connectivity index (χ3n) is 4.67. The number of sulfone groups is 1. The molecule has 0 radical (unpaired) electrons. The van der Waals surface area contributed by atoms with E-state index < -0.39 is 27.3 Å². The van der Waals surface area contributed by atoms with Gasteiger partial charge in [-0.2, -0.15) is 0 Å². The number of hydrogen-bond donors (Lipinski definition) is 1. The zero-order valence-corrected chi connectivity index (χ0v) is 16.9. The van der Waals surface area contributed by atoms with Crippen LogP contribution in [0.25, 0.3) is 22.1 Å². The zero-order chi connectivity index (χ0) is 21.3. The summed E-state index contributed by atoms with van der Waals surface area (Å²) in [7, 11) is -3.35. The first-order valence-corrected chi connectivity index (χ1v) is 11.3. The molecule has 8 nitrogen and oxygen atoms in total. The summed E-state index contributed by atoms with van der Waals surface area (Å²) in [6.45, 7) is -0.314. The summed E-state index contributed by atoms with van der Waals surface area (Å²) in [5.74, 6) is -0.759. The summed E-state index contributed by atoms with van der Waals surface area (Å²) in [6, 6.07) is 15.2. The number of amides is 1. The topological polar surface area (TPSA) is 111 Å². The van der Waals surface area contributed by atoms with Crippen molar-refractivity contribution < 1.29 is 17.6 Å². The lowest BCUT2D eigenvalue weighted by Gasteiger charge is -2.18. The van der Waals surface area contributed by atoms with Gasteiger partial charge in [-0.25, -0.2) is 13.4 Å². The van der Waals surface area contributed by atoms with Gasteiger partial charge in [-0.05, 0) is 17.7 Å². The molecule has 2 aromatic heterocycles. The molecule has 0 aliphatic heterocycles. The van der Waals surface area contributed by atoms with Crippen molar-refractivity contribution in [2.45, 2.75) is 12.6 Å². The molecule has 1 atom stereocenters. The third-order valence-corrected chi connectivity index (χ3v) is 5.61. The largest absolute Gasteiger partial charge is 0.448 e. The summed E-state index contributed by atoms with van der Waals surface area (Å²) >= 11 is 0. The van der Waals surface area contributed by atoms with Crippen LogP contribution in [0.5, 0.6) is 0 Å². The fourth-order valence-corrected chi connectivity index (χ4v) is 4.21. The lowest BCUT2D eigenvalue weighted by atomic mass is 10.1. The number of hydrogen-bond acceptors (Lipinski definition) is 6. The summed E-state index contributed by atoms with van der Waals surface area (Å²) in [6.07, 6.45) is 2.40. The van der Waals surface area contributed by atoms with Gasteiger partial charge in [0.05, 0.1) is 18.1 Å². The first-order valence-electron chi connectivity index (χ1n) is 9.20. The van der Waals surface area contributed by atoms with E-state index in [2.05, 4.69) is 10.3 Å². The number of nitrogens with zero attached hydrogens (tertiary/aromatic N) is 2. The Balaban J connectivity index is 1.61. The second kappa shape index (κ2) is 7.75. The average molecular weight is 425 g/mol. The smallest absolute Gasteiger partial charge is 0.297 e. The van der Waals surface area contributed by atoms with E-state index in [1.165, 1.54) is 6.33 Å². The van der Waals surface area contributed by atoms with Crippen LogP contribution in [0.3, 0.4) is 0 Å². The predicted molar refractivity (Wildman–Crippen MR) is 113 cm³/mol. The van der Waals surface area contributed by atoms with E-state index in [-0.39, 0.29) is 17.9 Å². The van der Waals surface area contributed by atoms with Crippen molar-refractivity contribution in [1.82, 2.24) is 14.9 Å². The number of fused-ring (bicyclic) bond motifs is 3. The van der Waals surface area contributed by atoms with Gasteiger partial charge in [0, 0.05) is 11.6 Å². The van der Waals surface area contributed by atoms with E-state index in [0.29, 0.717) is 16.7 Å². The van der Waals surface area contributed by atoms with Crippen LogP contribution in [-0.2, 0) is 21.2 Å². The number of carbonyl (C=O) groups is 1. The van der Waals surface area contributed by atoms with E-state index in [0.717, 1.165) is 16.2 Å².